The van der Waals surface area contributed by atoms with Gasteiger partial charge >= 0.3 is 5.69 Å². The predicted octanol–water partition coefficient (Wildman–Crippen LogP) is -0.0752. The SMILES string of the molecule is Cc1ccc2c(c1)c(=O)n(CN)c(=O)n2C. The number of benzene rings is 1. The van der Waals surface area contributed by atoms with Gasteiger partial charge in [-0.3, -0.25) is 9.36 Å². The van der Waals surface area contributed by atoms with Crippen molar-refractivity contribution in [3.05, 3.63) is 44.6 Å². The molecule has 1 aromatic carbocycles. The van der Waals surface area contributed by atoms with Gasteiger partial charge in [0, 0.05) is 7.05 Å². The van der Waals surface area contributed by atoms with E-state index in [2.05, 4.69) is 0 Å². The van der Waals surface area contributed by atoms with E-state index in [4.69, 9.17) is 5.73 Å². The van der Waals surface area contributed by atoms with Crippen molar-refractivity contribution >= 4 is 10.9 Å². The minimum Gasteiger partial charge on any atom is -0.313 e. The van der Waals surface area contributed by atoms with Crippen LogP contribution in [0, 0.1) is 6.92 Å². The normalized spacial score (nSPS) is 10.9. The minimum absolute atomic E-state index is 0.102. The third-order valence-electron chi connectivity index (χ3n) is 2.69. The molecule has 2 rings (SSSR count). The maximum absolute atomic E-state index is 12.0. The number of fused-ring (bicyclic) bond motifs is 1. The second kappa shape index (κ2) is 3.61. The standard InChI is InChI=1S/C11H13N3O2/c1-7-3-4-9-8(5-7)10(15)14(6-12)11(16)13(9)2/h3-5H,6,12H2,1-2H3. The van der Waals surface area contributed by atoms with E-state index in [1.54, 1.807) is 19.2 Å². The highest BCUT2D eigenvalue weighted by atomic mass is 16.2. The first-order chi connectivity index (χ1) is 7.56. The molecule has 0 fully saturated rings. The molecule has 0 radical (unpaired) electrons. The number of aryl methyl sites for hydroxylation is 2. The average molecular weight is 219 g/mol. The summed E-state index contributed by atoms with van der Waals surface area (Å²) in [6.07, 6.45) is 0. The molecule has 1 aromatic heterocycles. The van der Waals surface area contributed by atoms with Crippen LogP contribution in [0.4, 0.5) is 0 Å². The molecule has 84 valence electrons. The monoisotopic (exact) mass is 219 g/mol. The van der Waals surface area contributed by atoms with Gasteiger partial charge in [-0.25, -0.2) is 9.36 Å². The quantitative estimate of drug-likeness (QED) is 0.729. The van der Waals surface area contributed by atoms with Crippen molar-refractivity contribution in [1.29, 1.82) is 0 Å². The smallest absolute Gasteiger partial charge is 0.313 e. The number of hydrogen-bond donors (Lipinski definition) is 1. The van der Waals surface area contributed by atoms with E-state index in [1.807, 2.05) is 13.0 Å². The van der Waals surface area contributed by atoms with E-state index in [0.717, 1.165) is 10.1 Å². The van der Waals surface area contributed by atoms with Crippen molar-refractivity contribution in [3.63, 3.8) is 0 Å². The van der Waals surface area contributed by atoms with Gasteiger partial charge in [-0.15, -0.1) is 0 Å². The zero-order valence-electron chi connectivity index (χ0n) is 9.23. The van der Waals surface area contributed by atoms with Crippen LogP contribution in [0.1, 0.15) is 5.56 Å². The van der Waals surface area contributed by atoms with Gasteiger partial charge in [-0.05, 0) is 19.1 Å². The van der Waals surface area contributed by atoms with Crippen LogP contribution in [0.2, 0.25) is 0 Å². The molecule has 2 N–H and O–H groups in total. The van der Waals surface area contributed by atoms with Crippen LogP contribution in [-0.2, 0) is 13.7 Å². The topological polar surface area (TPSA) is 70.0 Å². The van der Waals surface area contributed by atoms with Crippen LogP contribution >= 0.6 is 0 Å². The molecule has 0 aliphatic heterocycles. The average Bonchev–Trinajstić information content (AvgIpc) is 2.27. The van der Waals surface area contributed by atoms with Gasteiger partial charge in [0.25, 0.3) is 5.56 Å². The van der Waals surface area contributed by atoms with E-state index >= 15 is 0 Å². The molecule has 0 saturated carbocycles. The van der Waals surface area contributed by atoms with Crippen molar-refractivity contribution in [2.45, 2.75) is 13.6 Å². The third kappa shape index (κ3) is 1.37. The second-order valence-electron chi connectivity index (χ2n) is 3.78. The van der Waals surface area contributed by atoms with Crippen LogP contribution in [0.15, 0.2) is 27.8 Å². The molecule has 2 aromatic rings. The summed E-state index contributed by atoms with van der Waals surface area (Å²) in [6, 6.07) is 5.41. The maximum Gasteiger partial charge on any atom is 0.332 e. The molecule has 0 bridgehead atoms. The lowest BCUT2D eigenvalue weighted by Gasteiger charge is -2.09. The van der Waals surface area contributed by atoms with Crippen LogP contribution in [0.5, 0.6) is 0 Å². The molecule has 0 amide bonds. The Kier molecular flexibility index (Phi) is 2.40. The first-order valence-corrected chi connectivity index (χ1v) is 4.96. The Bertz CT molecular complexity index is 667. The van der Waals surface area contributed by atoms with Crippen molar-refractivity contribution in [1.82, 2.24) is 9.13 Å². The summed E-state index contributed by atoms with van der Waals surface area (Å²) in [5.41, 5.74) is 6.29. The van der Waals surface area contributed by atoms with Gasteiger partial charge in [0.05, 0.1) is 17.6 Å². The second-order valence-corrected chi connectivity index (χ2v) is 3.78. The molecule has 0 aliphatic carbocycles. The molecule has 0 unspecified atom stereocenters. The molecular weight excluding hydrogens is 206 g/mol. The van der Waals surface area contributed by atoms with Crippen LogP contribution in [-0.4, -0.2) is 9.13 Å². The fraction of sp³-hybridized carbons (Fsp3) is 0.273. The Hall–Kier alpha value is -1.88. The zero-order valence-corrected chi connectivity index (χ0v) is 9.23. The lowest BCUT2D eigenvalue weighted by atomic mass is 10.1. The summed E-state index contributed by atoms with van der Waals surface area (Å²) < 4.78 is 2.46. The molecular formula is C11H13N3O2. The molecule has 0 saturated heterocycles. The van der Waals surface area contributed by atoms with Crippen LogP contribution < -0.4 is 17.0 Å². The first-order valence-electron chi connectivity index (χ1n) is 4.96. The Balaban J connectivity index is 3.09. The van der Waals surface area contributed by atoms with E-state index in [-0.39, 0.29) is 17.9 Å². The Morgan fingerprint density at radius 2 is 2.00 bits per heavy atom. The zero-order chi connectivity index (χ0) is 11.9. The summed E-state index contributed by atoms with van der Waals surface area (Å²) in [5, 5.41) is 0.521. The minimum atomic E-state index is -0.385. The molecule has 16 heavy (non-hydrogen) atoms. The van der Waals surface area contributed by atoms with Crippen LogP contribution in [0.25, 0.3) is 10.9 Å². The lowest BCUT2D eigenvalue weighted by molar-refractivity contribution is 0.623. The number of rotatable bonds is 1. The van der Waals surface area contributed by atoms with E-state index < -0.39 is 0 Å². The van der Waals surface area contributed by atoms with Gasteiger partial charge in [0.15, 0.2) is 0 Å². The molecule has 0 spiro atoms. The maximum atomic E-state index is 12.0. The van der Waals surface area contributed by atoms with Crippen molar-refractivity contribution in [2.24, 2.45) is 12.8 Å². The molecule has 5 nitrogen and oxygen atoms in total. The molecule has 1 heterocycles. The Morgan fingerprint density at radius 1 is 1.31 bits per heavy atom. The highest BCUT2D eigenvalue weighted by Gasteiger charge is 2.09. The lowest BCUT2D eigenvalue weighted by Crippen LogP contribution is -2.41. The first kappa shape index (κ1) is 10.6. The van der Waals surface area contributed by atoms with E-state index in [1.165, 1.54) is 4.57 Å². The fourth-order valence-electron chi connectivity index (χ4n) is 1.79. The summed E-state index contributed by atoms with van der Waals surface area (Å²) in [7, 11) is 1.63. The number of aromatic nitrogens is 2. The van der Waals surface area contributed by atoms with Gasteiger partial charge in [-0.1, -0.05) is 11.6 Å². The Morgan fingerprint density at radius 3 is 2.62 bits per heavy atom. The van der Waals surface area contributed by atoms with Gasteiger partial charge in [0.1, 0.15) is 0 Å². The number of nitrogens with two attached hydrogens (primary N) is 1. The molecule has 0 aliphatic rings. The van der Waals surface area contributed by atoms with E-state index in [9.17, 15) is 9.59 Å². The van der Waals surface area contributed by atoms with Gasteiger partial charge < -0.3 is 5.73 Å². The summed E-state index contributed by atoms with van der Waals surface area (Å²) in [4.78, 5) is 23.7. The molecule has 5 heteroatoms. The van der Waals surface area contributed by atoms with Crippen LogP contribution in [0.3, 0.4) is 0 Å². The summed E-state index contributed by atoms with van der Waals surface area (Å²) in [6.45, 7) is 1.80. The van der Waals surface area contributed by atoms with E-state index in [0.29, 0.717) is 10.9 Å². The summed E-state index contributed by atoms with van der Waals surface area (Å²) in [5.74, 6) is 0. The predicted molar refractivity (Wildman–Crippen MR) is 62.4 cm³/mol. The highest BCUT2D eigenvalue weighted by molar-refractivity contribution is 5.78. The Labute approximate surface area is 91.7 Å². The van der Waals surface area contributed by atoms with Crippen molar-refractivity contribution in [2.75, 3.05) is 0 Å². The van der Waals surface area contributed by atoms with Crippen molar-refractivity contribution < 1.29 is 0 Å². The number of nitrogens with zero attached hydrogens (tertiary/aromatic N) is 2. The summed E-state index contributed by atoms with van der Waals surface area (Å²) >= 11 is 0. The van der Waals surface area contributed by atoms with Gasteiger partial charge in [-0.2, -0.15) is 0 Å². The number of hydrogen-bond acceptors (Lipinski definition) is 3. The largest absolute Gasteiger partial charge is 0.332 e. The molecule has 0 atom stereocenters. The fourth-order valence-corrected chi connectivity index (χ4v) is 1.79. The third-order valence-corrected chi connectivity index (χ3v) is 2.69. The van der Waals surface area contributed by atoms with Crippen molar-refractivity contribution in [3.8, 4) is 0 Å². The highest BCUT2D eigenvalue weighted by Crippen LogP contribution is 2.09. The van der Waals surface area contributed by atoms with Gasteiger partial charge in [0.2, 0.25) is 0 Å².